The molecule has 1 aromatic rings. The van der Waals surface area contributed by atoms with Crippen molar-refractivity contribution in [1.82, 2.24) is 0 Å². The molecule has 2 bridgehead atoms. The molecular formula is C21H26O4. The third-order valence-corrected chi connectivity index (χ3v) is 7.05. The Morgan fingerprint density at radius 1 is 1.16 bits per heavy atom. The SMILES string of the molecule is C[C@@H]1CC[C@H]2CC(=O)O[C@@H]3O[C@@]4(CCc5ccccc5)CC[C@@H]1[C@@]23O4. The second-order valence-corrected chi connectivity index (χ2v) is 8.39. The predicted molar refractivity (Wildman–Crippen MR) is 91.5 cm³/mol. The van der Waals surface area contributed by atoms with Gasteiger partial charge in [0.15, 0.2) is 5.79 Å². The number of hydrogen-bond donors (Lipinski definition) is 0. The van der Waals surface area contributed by atoms with Crippen LogP contribution >= 0.6 is 0 Å². The van der Waals surface area contributed by atoms with E-state index in [9.17, 15) is 4.79 Å². The van der Waals surface area contributed by atoms with E-state index in [0.717, 1.165) is 32.1 Å². The maximum atomic E-state index is 12.1. The first-order chi connectivity index (χ1) is 12.1. The second kappa shape index (κ2) is 5.55. The number of hydrogen-bond acceptors (Lipinski definition) is 4. The van der Waals surface area contributed by atoms with Gasteiger partial charge in [-0.1, -0.05) is 37.3 Å². The van der Waals surface area contributed by atoms with Gasteiger partial charge in [-0.2, -0.15) is 0 Å². The van der Waals surface area contributed by atoms with Crippen LogP contribution in [0.2, 0.25) is 0 Å². The van der Waals surface area contributed by atoms with E-state index in [1.165, 1.54) is 12.0 Å². The van der Waals surface area contributed by atoms with Gasteiger partial charge in [0, 0.05) is 18.8 Å². The minimum absolute atomic E-state index is 0.122. The van der Waals surface area contributed by atoms with Crippen LogP contribution < -0.4 is 0 Å². The number of carbonyl (C=O) groups excluding carboxylic acids is 1. The van der Waals surface area contributed by atoms with Gasteiger partial charge in [0.2, 0.25) is 6.29 Å². The van der Waals surface area contributed by atoms with Gasteiger partial charge in [0.05, 0.1) is 6.42 Å². The summed E-state index contributed by atoms with van der Waals surface area (Å²) in [5.41, 5.74) is 0.893. The van der Waals surface area contributed by atoms with Gasteiger partial charge in [-0.3, -0.25) is 4.79 Å². The van der Waals surface area contributed by atoms with E-state index >= 15 is 0 Å². The molecule has 4 nitrogen and oxygen atoms in total. The molecule has 0 aromatic heterocycles. The molecule has 0 unspecified atom stereocenters. The summed E-state index contributed by atoms with van der Waals surface area (Å²) >= 11 is 0. The number of esters is 1. The van der Waals surface area contributed by atoms with E-state index in [1.807, 2.05) is 6.07 Å². The molecule has 3 aliphatic heterocycles. The molecule has 5 rings (SSSR count). The van der Waals surface area contributed by atoms with Crippen molar-refractivity contribution in [2.24, 2.45) is 17.8 Å². The molecule has 4 fully saturated rings. The molecule has 0 amide bonds. The average molecular weight is 342 g/mol. The minimum Gasteiger partial charge on any atom is -0.432 e. The van der Waals surface area contributed by atoms with Gasteiger partial charge in [-0.15, -0.1) is 0 Å². The van der Waals surface area contributed by atoms with Crippen LogP contribution in [0.4, 0.5) is 0 Å². The standard InChI is InChI=1S/C21H26O4/c1-14-7-8-16-13-18(22)23-19-21(16)17(14)10-12-20(24-19,25-21)11-9-15-5-3-2-4-6-15/h2-6,14,16-17,19H,7-13H2,1H3/t14-,16+,17+,19-,20-,21+/m1/s1. The Morgan fingerprint density at radius 2 is 2.00 bits per heavy atom. The zero-order valence-electron chi connectivity index (χ0n) is 14.8. The molecule has 0 N–H and O–H groups in total. The Balaban J connectivity index is 1.44. The van der Waals surface area contributed by atoms with Crippen molar-refractivity contribution in [3.63, 3.8) is 0 Å². The van der Waals surface area contributed by atoms with Crippen LogP contribution in [0.1, 0.15) is 51.0 Å². The summed E-state index contributed by atoms with van der Waals surface area (Å²) in [6.07, 6.45) is 5.95. The van der Waals surface area contributed by atoms with Crippen LogP contribution in [0.15, 0.2) is 30.3 Å². The van der Waals surface area contributed by atoms with Crippen molar-refractivity contribution in [1.29, 1.82) is 0 Å². The van der Waals surface area contributed by atoms with Gasteiger partial charge in [0.25, 0.3) is 0 Å². The highest BCUT2D eigenvalue weighted by atomic mass is 16.8. The first-order valence-corrected chi connectivity index (χ1v) is 9.73. The molecule has 3 heterocycles. The molecule has 3 saturated heterocycles. The fraction of sp³-hybridized carbons (Fsp3) is 0.667. The van der Waals surface area contributed by atoms with Crippen LogP contribution in [-0.2, 0) is 25.4 Å². The first kappa shape index (κ1) is 15.8. The van der Waals surface area contributed by atoms with Crippen molar-refractivity contribution >= 4 is 5.97 Å². The average Bonchev–Trinajstić information content (AvgIpc) is 2.87. The molecule has 4 heteroatoms. The molecule has 1 spiro atoms. The minimum atomic E-state index is -0.586. The van der Waals surface area contributed by atoms with Crippen LogP contribution in [0.25, 0.3) is 0 Å². The molecule has 1 aliphatic carbocycles. The highest BCUT2D eigenvalue weighted by Crippen LogP contribution is 2.62. The van der Waals surface area contributed by atoms with Crippen LogP contribution in [-0.4, -0.2) is 23.6 Å². The lowest BCUT2D eigenvalue weighted by Crippen LogP contribution is -2.63. The Hall–Kier alpha value is -1.39. The summed E-state index contributed by atoms with van der Waals surface area (Å²) in [7, 11) is 0. The maximum absolute atomic E-state index is 12.1. The molecule has 134 valence electrons. The zero-order valence-corrected chi connectivity index (χ0v) is 14.8. The lowest BCUT2D eigenvalue weighted by Gasteiger charge is -2.54. The van der Waals surface area contributed by atoms with Crippen molar-refractivity contribution in [3.05, 3.63) is 35.9 Å². The smallest absolute Gasteiger partial charge is 0.308 e. The summed E-state index contributed by atoms with van der Waals surface area (Å²) < 4.78 is 18.9. The summed E-state index contributed by atoms with van der Waals surface area (Å²) in [6, 6.07) is 10.5. The molecular weight excluding hydrogens is 316 g/mol. The normalized spacial score (nSPS) is 44.9. The first-order valence-electron chi connectivity index (χ1n) is 9.73. The largest absolute Gasteiger partial charge is 0.432 e. The topological polar surface area (TPSA) is 44.8 Å². The van der Waals surface area contributed by atoms with Crippen LogP contribution in [0.3, 0.4) is 0 Å². The Morgan fingerprint density at radius 3 is 2.84 bits per heavy atom. The molecule has 4 aliphatic rings. The second-order valence-electron chi connectivity index (χ2n) is 8.39. The van der Waals surface area contributed by atoms with Crippen LogP contribution in [0, 0.1) is 17.8 Å². The van der Waals surface area contributed by atoms with E-state index < -0.39 is 17.7 Å². The van der Waals surface area contributed by atoms with Crippen molar-refractivity contribution in [2.45, 2.75) is 69.5 Å². The molecule has 1 aromatic carbocycles. The van der Waals surface area contributed by atoms with Crippen molar-refractivity contribution in [3.8, 4) is 0 Å². The summed E-state index contributed by atoms with van der Waals surface area (Å²) in [5.74, 6) is 0.583. The van der Waals surface area contributed by atoms with E-state index in [0.29, 0.717) is 18.3 Å². The van der Waals surface area contributed by atoms with E-state index in [-0.39, 0.29) is 11.9 Å². The van der Waals surface area contributed by atoms with Gasteiger partial charge < -0.3 is 14.2 Å². The molecule has 25 heavy (non-hydrogen) atoms. The molecule has 6 atom stereocenters. The number of carbonyl (C=O) groups is 1. The van der Waals surface area contributed by atoms with Crippen molar-refractivity contribution < 1.29 is 19.0 Å². The zero-order chi connectivity index (χ0) is 17.1. The third kappa shape index (κ3) is 2.30. The maximum Gasteiger partial charge on any atom is 0.308 e. The summed E-state index contributed by atoms with van der Waals surface area (Å²) in [5, 5.41) is 0. The fourth-order valence-electron chi connectivity index (χ4n) is 5.80. The van der Waals surface area contributed by atoms with Gasteiger partial charge in [-0.05, 0) is 43.1 Å². The van der Waals surface area contributed by atoms with Crippen LogP contribution in [0.5, 0.6) is 0 Å². The number of fused-ring (bicyclic) bond motifs is 1. The third-order valence-electron chi connectivity index (χ3n) is 7.05. The van der Waals surface area contributed by atoms with E-state index in [2.05, 4.69) is 31.2 Å². The number of ether oxygens (including phenoxy) is 3. The van der Waals surface area contributed by atoms with E-state index in [1.54, 1.807) is 0 Å². The molecule has 1 saturated carbocycles. The lowest BCUT2D eigenvalue weighted by molar-refractivity contribution is -0.261. The Kier molecular flexibility index (Phi) is 3.52. The lowest BCUT2D eigenvalue weighted by atomic mass is 9.59. The number of benzene rings is 1. The number of aryl methyl sites for hydroxylation is 1. The monoisotopic (exact) mass is 342 g/mol. The molecule has 0 radical (unpaired) electrons. The summed E-state index contributed by atoms with van der Waals surface area (Å²) in [4.78, 5) is 12.1. The van der Waals surface area contributed by atoms with Gasteiger partial charge in [0.1, 0.15) is 5.60 Å². The highest BCUT2D eigenvalue weighted by Gasteiger charge is 2.71. The Bertz CT molecular complexity index is 674. The van der Waals surface area contributed by atoms with Crippen molar-refractivity contribution in [2.75, 3.05) is 0 Å². The quantitative estimate of drug-likeness (QED) is 0.783. The highest BCUT2D eigenvalue weighted by molar-refractivity contribution is 5.71. The van der Waals surface area contributed by atoms with E-state index in [4.69, 9.17) is 14.2 Å². The summed E-state index contributed by atoms with van der Waals surface area (Å²) in [6.45, 7) is 2.32. The predicted octanol–water partition coefficient (Wildman–Crippen LogP) is 3.83. The fourth-order valence-corrected chi connectivity index (χ4v) is 5.80. The Labute approximate surface area is 148 Å². The van der Waals surface area contributed by atoms with Gasteiger partial charge >= 0.3 is 5.97 Å². The number of rotatable bonds is 3. The van der Waals surface area contributed by atoms with Gasteiger partial charge in [-0.25, -0.2) is 0 Å².